The third-order valence-corrected chi connectivity index (χ3v) is 5.94. The molecule has 1 atom stereocenters. The van der Waals surface area contributed by atoms with Crippen LogP contribution in [0.5, 0.6) is 0 Å². The summed E-state index contributed by atoms with van der Waals surface area (Å²) in [5, 5.41) is 3.01. The van der Waals surface area contributed by atoms with Gasteiger partial charge >= 0.3 is 0 Å². The van der Waals surface area contributed by atoms with Crippen molar-refractivity contribution in [3.8, 4) is 0 Å². The SMILES string of the molecule is O=C(Nc1ccc2oc(C3CC3)nc2c1)[C@H]1CCCN(C(=O)Cc2ccccc2)C1. The van der Waals surface area contributed by atoms with Crippen molar-refractivity contribution in [3.05, 3.63) is 60.0 Å². The molecule has 30 heavy (non-hydrogen) atoms. The summed E-state index contributed by atoms with van der Waals surface area (Å²) in [6.07, 6.45) is 4.28. The van der Waals surface area contributed by atoms with Crippen molar-refractivity contribution < 1.29 is 14.0 Å². The summed E-state index contributed by atoms with van der Waals surface area (Å²) in [7, 11) is 0. The number of nitrogens with one attached hydrogen (secondary N) is 1. The number of oxazole rings is 1. The lowest BCUT2D eigenvalue weighted by atomic mass is 9.96. The third-order valence-electron chi connectivity index (χ3n) is 5.94. The van der Waals surface area contributed by atoms with E-state index < -0.39 is 0 Å². The summed E-state index contributed by atoms with van der Waals surface area (Å²) in [5.41, 5.74) is 3.25. The smallest absolute Gasteiger partial charge is 0.229 e. The zero-order chi connectivity index (χ0) is 20.5. The first kappa shape index (κ1) is 18.9. The minimum atomic E-state index is -0.200. The van der Waals surface area contributed by atoms with E-state index in [1.54, 1.807) is 0 Å². The molecule has 2 aliphatic rings. The van der Waals surface area contributed by atoms with Crippen molar-refractivity contribution in [2.45, 2.75) is 38.0 Å². The molecule has 6 nitrogen and oxygen atoms in total. The van der Waals surface area contributed by atoms with Crippen LogP contribution in [0.25, 0.3) is 11.1 Å². The largest absolute Gasteiger partial charge is 0.440 e. The monoisotopic (exact) mass is 403 g/mol. The maximum absolute atomic E-state index is 12.9. The maximum atomic E-state index is 12.9. The summed E-state index contributed by atoms with van der Waals surface area (Å²) in [5.74, 6) is 1.09. The van der Waals surface area contributed by atoms with E-state index >= 15 is 0 Å². The molecule has 1 aromatic heterocycles. The number of carbonyl (C=O) groups excluding carboxylic acids is 2. The van der Waals surface area contributed by atoms with Gasteiger partial charge in [-0.05, 0) is 49.4 Å². The summed E-state index contributed by atoms with van der Waals surface area (Å²) in [6, 6.07) is 15.3. The number of carbonyl (C=O) groups is 2. The molecular formula is C24H25N3O3. The second-order valence-corrected chi connectivity index (χ2v) is 8.34. The first-order valence-electron chi connectivity index (χ1n) is 10.7. The van der Waals surface area contributed by atoms with Gasteiger partial charge in [-0.2, -0.15) is 0 Å². The highest BCUT2D eigenvalue weighted by Gasteiger charge is 2.30. The van der Waals surface area contributed by atoms with Crippen LogP contribution in [0.3, 0.4) is 0 Å². The van der Waals surface area contributed by atoms with Crippen LogP contribution in [-0.2, 0) is 16.0 Å². The molecule has 3 aromatic rings. The fourth-order valence-electron chi connectivity index (χ4n) is 4.07. The molecule has 0 bridgehead atoms. The van der Waals surface area contributed by atoms with Crippen LogP contribution in [0.4, 0.5) is 5.69 Å². The van der Waals surface area contributed by atoms with Gasteiger partial charge in [0.05, 0.1) is 12.3 Å². The second-order valence-electron chi connectivity index (χ2n) is 8.34. The van der Waals surface area contributed by atoms with Crippen molar-refractivity contribution in [1.29, 1.82) is 0 Å². The van der Waals surface area contributed by atoms with Crippen LogP contribution < -0.4 is 5.32 Å². The number of fused-ring (bicyclic) bond motifs is 1. The number of nitrogens with zero attached hydrogens (tertiary/aromatic N) is 2. The number of rotatable bonds is 5. The van der Waals surface area contributed by atoms with Crippen molar-refractivity contribution in [2.24, 2.45) is 5.92 Å². The first-order valence-corrected chi connectivity index (χ1v) is 10.7. The van der Waals surface area contributed by atoms with Gasteiger partial charge in [0, 0.05) is 24.7 Å². The van der Waals surface area contributed by atoms with Gasteiger partial charge in [0.15, 0.2) is 11.5 Å². The molecule has 1 saturated carbocycles. The predicted octanol–water partition coefficient (Wildman–Crippen LogP) is 4.13. The number of likely N-dealkylation sites (tertiary alicyclic amines) is 1. The number of anilines is 1. The van der Waals surface area contributed by atoms with Gasteiger partial charge in [-0.1, -0.05) is 30.3 Å². The topological polar surface area (TPSA) is 75.4 Å². The number of aromatic nitrogens is 1. The Labute approximate surface area is 175 Å². The minimum absolute atomic E-state index is 0.0440. The highest BCUT2D eigenvalue weighted by molar-refractivity contribution is 5.95. The molecule has 6 heteroatoms. The van der Waals surface area contributed by atoms with Gasteiger partial charge in [-0.3, -0.25) is 9.59 Å². The van der Waals surface area contributed by atoms with E-state index in [-0.39, 0.29) is 17.7 Å². The molecule has 0 spiro atoms. The number of hydrogen-bond acceptors (Lipinski definition) is 4. The van der Waals surface area contributed by atoms with Gasteiger partial charge in [0.25, 0.3) is 0 Å². The third kappa shape index (κ3) is 4.08. The van der Waals surface area contributed by atoms with E-state index in [4.69, 9.17) is 4.42 Å². The Bertz CT molecular complexity index is 1070. The van der Waals surface area contributed by atoms with Crippen LogP contribution >= 0.6 is 0 Å². The summed E-state index contributed by atoms with van der Waals surface area (Å²) >= 11 is 0. The van der Waals surface area contributed by atoms with Gasteiger partial charge in [-0.25, -0.2) is 4.98 Å². The zero-order valence-corrected chi connectivity index (χ0v) is 16.8. The van der Waals surface area contributed by atoms with Crippen molar-refractivity contribution in [3.63, 3.8) is 0 Å². The van der Waals surface area contributed by atoms with E-state index in [1.807, 2.05) is 53.4 Å². The molecule has 2 fully saturated rings. The quantitative estimate of drug-likeness (QED) is 0.695. The van der Waals surface area contributed by atoms with Gasteiger partial charge < -0.3 is 14.6 Å². The Kier molecular flexibility index (Phi) is 4.99. The van der Waals surface area contributed by atoms with E-state index in [1.165, 1.54) is 0 Å². The molecule has 2 aromatic carbocycles. The maximum Gasteiger partial charge on any atom is 0.229 e. The summed E-state index contributed by atoms with van der Waals surface area (Å²) in [4.78, 5) is 31.9. The number of hydrogen-bond donors (Lipinski definition) is 1. The molecule has 1 N–H and O–H groups in total. The van der Waals surface area contributed by atoms with Crippen LogP contribution in [0.15, 0.2) is 52.9 Å². The predicted molar refractivity (Wildman–Crippen MR) is 114 cm³/mol. The minimum Gasteiger partial charge on any atom is -0.440 e. The van der Waals surface area contributed by atoms with Crippen LogP contribution in [0.1, 0.15) is 43.1 Å². The molecule has 1 aliphatic carbocycles. The average molecular weight is 403 g/mol. The van der Waals surface area contributed by atoms with E-state index in [2.05, 4.69) is 10.3 Å². The lowest BCUT2D eigenvalue weighted by molar-refractivity contribution is -0.133. The van der Waals surface area contributed by atoms with Gasteiger partial charge in [-0.15, -0.1) is 0 Å². The zero-order valence-electron chi connectivity index (χ0n) is 16.8. The molecule has 1 aliphatic heterocycles. The second kappa shape index (κ2) is 7.94. The van der Waals surface area contributed by atoms with Crippen molar-refractivity contribution >= 4 is 28.6 Å². The van der Waals surface area contributed by atoms with Crippen LogP contribution in [0, 0.1) is 5.92 Å². The normalized spacial score (nSPS) is 19.1. The first-order chi connectivity index (χ1) is 14.7. The molecule has 0 unspecified atom stereocenters. The molecular weight excluding hydrogens is 378 g/mol. The molecule has 1 saturated heterocycles. The van der Waals surface area contributed by atoms with Gasteiger partial charge in [0.2, 0.25) is 11.8 Å². The average Bonchev–Trinajstić information content (AvgIpc) is 3.54. The highest BCUT2D eigenvalue weighted by atomic mass is 16.3. The van der Waals surface area contributed by atoms with E-state index in [0.717, 1.165) is 53.9 Å². The number of benzene rings is 2. The summed E-state index contributed by atoms with van der Waals surface area (Å²) in [6.45, 7) is 1.18. The fraction of sp³-hybridized carbons (Fsp3) is 0.375. The van der Waals surface area contributed by atoms with Gasteiger partial charge in [0.1, 0.15) is 5.52 Å². The van der Waals surface area contributed by atoms with Crippen molar-refractivity contribution in [2.75, 3.05) is 18.4 Å². The van der Waals surface area contributed by atoms with Crippen molar-refractivity contribution in [1.82, 2.24) is 9.88 Å². The fourth-order valence-corrected chi connectivity index (χ4v) is 4.07. The van der Waals surface area contributed by atoms with Crippen LogP contribution in [0.2, 0.25) is 0 Å². The molecule has 0 radical (unpaired) electrons. The number of piperidine rings is 1. The highest BCUT2D eigenvalue weighted by Crippen LogP contribution is 2.40. The Morgan fingerprint density at radius 2 is 1.93 bits per heavy atom. The Morgan fingerprint density at radius 3 is 2.73 bits per heavy atom. The molecule has 2 amide bonds. The Hall–Kier alpha value is -3.15. The lowest BCUT2D eigenvalue weighted by Gasteiger charge is -2.32. The standard InChI is InChI=1S/C24H25N3O3/c28-22(13-16-5-2-1-3-6-16)27-12-4-7-18(15-27)23(29)25-19-10-11-21-20(14-19)26-24(30-21)17-8-9-17/h1-3,5-6,10-11,14,17-18H,4,7-9,12-13,15H2,(H,25,29)/t18-/m0/s1. The summed E-state index contributed by atoms with van der Waals surface area (Å²) < 4.78 is 5.79. The molecule has 154 valence electrons. The number of amides is 2. The Morgan fingerprint density at radius 1 is 1.10 bits per heavy atom. The lowest BCUT2D eigenvalue weighted by Crippen LogP contribution is -2.44. The van der Waals surface area contributed by atoms with E-state index in [0.29, 0.717) is 25.4 Å². The molecule has 2 heterocycles. The van der Waals surface area contributed by atoms with E-state index in [9.17, 15) is 9.59 Å². The molecule has 5 rings (SSSR count). The van der Waals surface area contributed by atoms with Crippen LogP contribution in [-0.4, -0.2) is 34.8 Å². The Balaban J connectivity index is 1.22.